The second-order valence-corrected chi connectivity index (χ2v) is 3.01. The summed E-state index contributed by atoms with van der Waals surface area (Å²) >= 11 is 5.69. The standard InChI is InChI=1S/C7H10BClN2O2/c1-2-3-6-10-4-5(8(12)13)7(9)11-6/h4,12-13H,2-3H2,1H3. The molecule has 0 saturated carbocycles. The zero-order valence-corrected chi connectivity index (χ0v) is 7.99. The van der Waals surface area contributed by atoms with Crippen molar-refractivity contribution >= 4 is 24.2 Å². The number of rotatable bonds is 3. The number of nitrogens with zero attached hydrogens (tertiary/aromatic N) is 2. The van der Waals surface area contributed by atoms with Crippen LogP contribution in [0.4, 0.5) is 0 Å². The van der Waals surface area contributed by atoms with Crippen LogP contribution < -0.4 is 5.46 Å². The minimum absolute atomic E-state index is 0.105. The van der Waals surface area contributed by atoms with Crippen molar-refractivity contribution in [3.05, 3.63) is 17.2 Å². The molecule has 0 saturated heterocycles. The lowest BCUT2D eigenvalue weighted by Gasteiger charge is -2.02. The molecule has 0 unspecified atom stereocenters. The van der Waals surface area contributed by atoms with Crippen LogP contribution in [0, 0.1) is 0 Å². The van der Waals surface area contributed by atoms with E-state index >= 15 is 0 Å². The third kappa shape index (κ3) is 2.65. The zero-order valence-electron chi connectivity index (χ0n) is 7.24. The molecule has 1 aromatic rings. The summed E-state index contributed by atoms with van der Waals surface area (Å²) in [7, 11) is -1.61. The summed E-state index contributed by atoms with van der Waals surface area (Å²) in [6.07, 6.45) is 3.00. The first kappa shape index (κ1) is 10.4. The fourth-order valence-electron chi connectivity index (χ4n) is 0.921. The van der Waals surface area contributed by atoms with Crippen LogP contribution in [0.1, 0.15) is 19.2 Å². The van der Waals surface area contributed by atoms with Gasteiger partial charge in [-0.1, -0.05) is 18.5 Å². The summed E-state index contributed by atoms with van der Waals surface area (Å²) in [5.41, 5.74) is 0.140. The molecule has 0 radical (unpaired) electrons. The van der Waals surface area contributed by atoms with Crippen LogP contribution in [0.3, 0.4) is 0 Å². The van der Waals surface area contributed by atoms with Gasteiger partial charge in [0, 0.05) is 18.1 Å². The molecular formula is C7H10BClN2O2. The topological polar surface area (TPSA) is 66.2 Å². The predicted molar refractivity (Wildman–Crippen MR) is 50.9 cm³/mol. The van der Waals surface area contributed by atoms with Crippen molar-refractivity contribution in [1.82, 2.24) is 9.97 Å². The number of aromatic nitrogens is 2. The Morgan fingerprint density at radius 2 is 2.23 bits per heavy atom. The molecule has 0 fully saturated rings. The van der Waals surface area contributed by atoms with Gasteiger partial charge in [-0.05, 0) is 6.42 Å². The molecule has 0 aliphatic heterocycles. The summed E-state index contributed by atoms with van der Waals surface area (Å²) in [6.45, 7) is 2.01. The monoisotopic (exact) mass is 200 g/mol. The van der Waals surface area contributed by atoms with Crippen LogP contribution >= 0.6 is 11.6 Å². The van der Waals surface area contributed by atoms with Crippen LogP contribution in [0.2, 0.25) is 5.15 Å². The molecule has 1 rings (SSSR count). The molecule has 0 amide bonds. The molecule has 13 heavy (non-hydrogen) atoms. The largest absolute Gasteiger partial charge is 0.493 e. The van der Waals surface area contributed by atoms with E-state index in [9.17, 15) is 0 Å². The van der Waals surface area contributed by atoms with Crippen molar-refractivity contribution < 1.29 is 10.0 Å². The van der Waals surface area contributed by atoms with Gasteiger partial charge >= 0.3 is 7.12 Å². The molecule has 0 bridgehead atoms. The third-order valence-corrected chi connectivity index (χ3v) is 1.87. The summed E-state index contributed by atoms with van der Waals surface area (Å²) in [6, 6.07) is 0. The quantitative estimate of drug-likeness (QED) is 0.522. The van der Waals surface area contributed by atoms with Gasteiger partial charge in [0.15, 0.2) is 0 Å². The van der Waals surface area contributed by atoms with Gasteiger partial charge in [0.05, 0.1) is 0 Å². The fraction of sp³-hybridized carbons (Fsp3) is 0.429. The molecule has 1 heterocycles. The maximum absolute atomic E-state index is 8.82. The van der Waals surface area contributed by atoms with Crippen molar-refractivity contribution in [2.75, 3.05) is 0 Å². The van der Waals surface area contributed by atoms with Gasteiger partial charge in [0.2, 0.25) is 0 Å². The highest BCUT2D eigenvalue weighted by molar-refractivity contribution is 6.62. The smallest absolute Gasteiger partial charge is 0.423 e. The van der Waals surface area contributed by atoms with Crippen molar-refractivity contribution in [2.24, 2.45) is 0 Å². The first-order valence-electron chi connectivity index (χ1n) is 4.02. The Morgan fingerprint density at radius 3 is 2.69 bits per heavy atom. The number of halogens is 1. The minimum Gasteiger partial charge on any atom is -0.423 e. The molecule has 0 atom stereocenters. The molecular weight excluding hydrogens is 190 g/mol. The van der Waals surface area contributed by atoms with Crippen LogP contribution in [0.15, 0.2) is 6.20 Å². The normalized spacial score (nSPS) is 10.2. The average Bonchev–Trinajstić information content (AvgIpc) is 2.04. The van der Waals surface area contributed by atoms with Gasteiger partial charge in [-0.25, -0.2) is 9.97 Å². The zero-order chi connectivity index (χ0) is 9.84. The van der Waals surface area contributed by atoms with E-state index in [1.807, 2.05) is 6.92 Å². The SMILES string of the molecule is CCCc1ncc(B(O)O)c(Cl)n1. The molecule has 0 aliphatic carbocycles. The second kappa shape index (κ2) is 4.55. The summed E-state index contributed by atoms with van der Waals surface area (Å²) in [5, 5.41) is 17.7. The van der Waals surface area contributed by atoms with Crippen LogP contribution in [-0.4, -0.2) is 27.1 Å². The second-order valence-electron chi connectivity index (χ2n) is 2.66. The van der Waals surface area contributed by atoms with E-state index in [0.29, 0.717) is 5.82 Å². The molecule has 0 spiro atoms. The maximum Gasteiger partial charge on any atom is 0.493 e. The van der Waals surface area contributed by atoms with Crippen LogP contribution in [0.5, 0.6) is 0 Å². The molecule has 0 aromatic carbocycles. The van der Waals surface area contributed by atoms with Gasteiger partial charge in [-0.3, -0.25) is 0 Å². The Morgan fingerprint density at radius 1 is 1.54 bits per heavy atom. The molecule has 6 heteroatoms. The van der Waals surface area contributed by atoms with E-state index in [1.165, 1.54) is 6.20 Å². The molecule has 1 aromatic heterocycles. The Balaban J connectivity index is 2.92. The van der Waals surface area contributed by atoms with E-state index < -0.39 is 7.12 Å². The van der Waals surface area contributed by atoms with Gasteiger partial charge in [-0.2, -0.15) is 0 Å². The molecule has 2 N–H and O–H groups in total. The minimum atomic E-state index is -1.61. The van der Waals surface area contributed by atoms with E-state index in [4.69, 9.17) is 21.6 Å². The summed E-state index contributed by atoms with van der Waals surface area (Å²) in [5.74, 6) is 0.622. The summed E-state index contributed by atoms with van der Waals surface area (Å²) < 4.78 is 0. The Hall–Kier alpha value is -0.645. The first-order valence-corrected chi connectivity index (χ1v) is 4.40. The van der Waals surface area contributed by atoms with Crippen molar-refractivity contribution in [1.29, 1.82) is 0 Å². The first-order chi connectivity index (χ1) is 6.15. The Kier molecular flexibility index (Phi) is 3.65. The molecule has 70 valence electrons. The van der Waals surface area contributed by atoms with E-state index in [0.717, 1.165) is 12.8 Å². The van der Waals surface area contributed by atoms with Crippen LogP contribution in [0.25, 0.3) is 0 Å². The highest BCUT2D eigenvalue weighted by atomic mass is 35.5. The fourth-order valence-corrected chi connectivity index (χ4v) is 1.17. The maximum atomic E-state index is 8.82. The molecule has 4 nitrogen and oxygen atoms in total. The number of aryl methyl sites for hydroxylation is 1. The number of hydrogen-bond donors (Lipinski definition) is 2. The highest BCUT2D eigenvalue weighted by Gasteiger charge is 2.16. The van der Waals surface area contributed by atoms with Crippen LogP contribution in [-0.2, 0) is 6.42 Å². The Labute approximate surface area is 81.7 Å². The van der Waals surface area contributed by atoms with Crippen molar-refractivity contribution in [2.45, 2.75) is 19.8 Å². The lowest BCUT2D eigenvalue weighted by atomic mass is 9.83. The third-order valence-electron chi connectivity index (χ3n) is 1.57. The Bertz CT molecular complexity index is 296. The van der Waals surface area contributed by atoms with E-state index in [1.54, 1.807) is 0 Å². The van der Waals surface area contributed by atoms with E-state index in [2.05, 4.69) is 9.97 Å². The highest BCUT2D eigenvalue weighted by Crippen LogP contribution is 2.02. The van der Waals surface area contributed by atoms with E-state index in [-0.39, 0.29) is 10.6 Å². The van der Waals surface area contributed by atoms with Gasteiger partial charge in [0.1, 0.15) is 11.0 Å². The van der Waals surface area contributed by atoms with Gasteiger partial charge in [0.25, 0.3) is 0 Å². The molecule has 0 aliphatic rings. The van der Waals surface area contributed by atoms with Crippen molar-refractivity contribution in [3.63, 3.8) is 0 Å². The lowest BCUT2D eigenvalue weighted by molar-refractivity contribution is 0.425. The van der Waals surface area contributed by atoms with Crippen molar-refractivity contribution in [3.8, 4) is 0 Å². The van der Waals surface area contributed by atoms with Gasteiger partial charge < -0.3 is 10.0 Å². The average molecular weight is 200 g/mol. The predicted octanol–water partition coefficient (Wildman–Crippen LogP) is -0.238. The van der Waals surface area contributed by atoms with Gasteiger partial charge in [-0.15, -0.1) is 0 Å². The lowest BCUT2D eigenvalue weighted by Crippen LogP contribution is -2.32. The number of hydrogen-bond acceptors (Lipinski definition) is 4. The summed E-state index contributed by atoms with van der Waals surface area (Å²) in [4.78, 5) is 7.85.